The molecular weight excluding hydrogens is 287 g/mol. The monoisotopic (exact) mass is 302 g/mol. The highest BCUT2D eigenvalue weighted by molar-refractivity contribution is 7.80. The summed E-state index contributed by atoms with van der Waals surface area (Å²) in [5.41, 5.74) is 2.91. The van der Waals surface area contributed by atoms with Crippen LogP contribution in [0.5, 0.6) is 0 Å². The number of carbonyl (C=O) groups excluding carboxylic acids is 1. The maximum Gasteiger partial charge on any atom is 0.260 e. The number of hydrogen-bond donors (Lipinski definition) is 2. The zero-order valence-corrected chi connectivity index (χ0v) is 12.6. The van der Waals surface area contributed by atoms with Gasteiger partial charge in [0.1, 0.15) is 5.82 Å². The molecule has 0 heterocycles. The fraction of sp³-hybridized carbons (Fsp3) is 0.125. The maximum atomic E-state index is 13.5. The molecule has 0 unspecified atom stereocenters. The Morgan fingerprint density at radius 3 is 2.33 bits per heavy atom. The van der Waals surface area contributed by atoms with Crippen molar-refractivity contribution in [3.63, 3.8) is 0 Å². The van der Waals surface area contributed by atoms with Gasteiger partial charge in [0.25, 0.3) is 5.91 Å². The molecule has 2 aromatic carbocycles. The van der Waals surface area contributed by atoms with Crippen LogP contribution >= 0.6 is 12.2 Å². The predicted octanol–water partition coefficient (Wildman–Crippen LogP) is 3.57. The molecule has 5 heteroatoms. The summed E-state index contributed by atoms with van der Waals surface area (Å²) in [4.78, 5) is 11.9. The smallest absolute Gasteiger partial charge is 0.260 e. The van der Waals surface area contributed by atoms with Crippen molar-refractivity contribution in [2.45, 2.75) is 13.8 Å². The van der Waals surface area contributed by atoms with Gasteiger partial charge in [0, 0.05) is 5.69 Å². The van der Waals surface area contributed by atoms with Crippen molar-refractivity contribution in [1.82, 2.24) is 5.32 Å². The molecule has 0 atom stereocenters. The SMILES string of the molecule is Cc1cc(C)cc(NC(=S)NC(=O)c2ccccc2F)c1. The molecule has 0 radical (unpaired) electrons. The standard InChI is InChI=1S/C16H15FN2OS/c1-10-7-11(2)9-12(8-10)18-16(21)19-15(20)13-5-3-4-6-14(13)17/h3-9H,1-2H3,(H2,18,19,20,21). The Kier molecular flexibility index (Phi) is 4.65. The highest BCUT2D eigenvalue weighted by Gasteiger charge is 2.12. The fourth-order valence-corrected chi connectivity index (χ4v) is 2.24. The summed E-state index contributed by atoms with van der Waals surface area (Å²) in [6.45, 7) is 3.94. The summed E-state index contributed by atoms with van der Waals surface area (Å²) in [6.07, 6.45) is 0. The van der Waals surface area contributed by atoms with Crippen LogP contribution in [0.1, 0.15) is 21.5 Å². The third-order valence-electron chi connectivity index (χ3n) is 2.83. The van der Waals surface area contributed by atoms with Crippen LogP contribution in [0, 0.1) is 19.7 Å². The first kappa shape index (κ1) is 15.1. The maximum absolute atomic E-state index is 13.5. The number of hydrogen-bond acceptors (Lipinski definition) is 2. The number of benzene rings is 2. The van der Waals surface area contributed by atoms with E-state index in [-0.39, 0.29) is 10.7 Å². The molecule has 2 aromatic rings. The van der Waals surface area contributed by atoms with Crippen molar-refractivity contribution in [2.75, 3.05) is 5.32 Å². The van der Waals surface area contributed by atoms with Crippen molar-refractivity contribution in [3.05, 3.63) is 65.0 Å². The van der Waals surface area contributed by atoms with Crippen LogP contribution in [0.2, 0.25) is 0 Å². The van der Waals surface area contributed by atoms with Crippen molar-refractivity contribution in [1.29, 1.82) is 0 Å². The number of nitrogens with one attached hydrogen (secondary N) is 2. The number of rotatable bonds is 2. The van der Waals surface area contributed by atoms with E-state index in [4.69, 9.17) is 12.2 Å². The van der Waals surface area contributed by atoms with Crippen LogP contribution in [0.4, 0.5) is 10.1 Å². The Morgan fingerprint density at radius 1 is 1.10 bits per heavy atom. The van der Waals surface area contributed by atoms with Gasteiger partial charge in [-0.1, -0.05) is 18.2 Å². The average molecular weight is 302 g/mol. The zero-order chi connectivity index (χ0) is 15.4. The number of halogens is 1. The van der Waals surface area contributed by atoms with Crippen molar-refractivity contribution >= 4 is 28.9 Å². The molecule has 2 N–H and O–H groups in total. The van der Waals surface area contributed by atoms with Gasteiger partial charge in [-0.05, 0) is 61.5 Å². The van der Waals surface area contributed by atoms with Crippen molar-refractivity contribution < 1.29 is 9.18 Å². The van der Waals surface area contributed by atoms with E-state index in [1.807, 2.05) is 32.0 Å². The number of carbonyl (C=O) groups is 1. The van der Waals surface area contributed by atoms with E-state index in [2.05, 4.69) is 10.6 Å². The third kappa shape index (κ3) is 4.10. The van der Waals surface area contributed by atoms with Gasteiger partial charge >= 0.3 is 0 Å². The molecule has 0 fully saturated rings. The molecule has 0 aliphatic rings. The third-order valence-corrected chi connectivity index (χ3v) is 3.03. The predicted molar refractivity (Wildman–Crippen MR) is 86.0 cm³/mol. The number of amides is 1. The quantitative estimate of drug-likeness (QED) is 0.833. The molecule has 0 aliphatic carbocycles. The Morgan fingerprint density at radius 2 is 1.71 bits per heavy atom. The Balaban J connectivity index is 2.05. The minimum absolute atomic E-state index is 0.0397. The summed E-state index contributed by atoms with van der Waals surface area (Å²) in [6, 6.07) is 11.6. The van der Waals surface area contributed by atoms with E-state index in [9.17, 15) is 9.18 Å². The summed E-state index contributed by atoms with van der Waals surface area (Å²) in [5.74, 6) is -1.15. The van der Waals surface area contributed by atoms with E-state index >= 15 is 0 Å². The lowest BCUT2D eigenvalue weighted by atomic mass is 10.1. The van der Waals surface area contributed by atoms with Gasteiger partial charge < -0.3 is 5.32 Å². The second-order valence-corrected chi connectivity index (χ2v) is 5.17. The Labute approximate surface area is 128 Å². The van der Waals surface area contributed by atoms with E-state index in [1.165, 1.54) is 18.2 Å². The first-order valence-corrected chi connectivity index (χ1v) is 6.81. The van der Waals surface area contributed by atoms with Gasteiger partial charge in [-0.3, -0.25) is 10.1 Å². The van der Waals surface area contributed by atoms with E-state index in [1.54, 1.807) is 6.07 Å². The van der Waals surface area contributed by atoms with Crippen LogP contribution in [0.25, 0.3) is 0 Å². The molecule has 0 aromatic heterocycles. The molecule has 0 saturated heterocycles. The van der Waals surface area contributed by atoms with Crippen LogP contribution in [0.3, 0.4) is 0 Å². The lowest BCUT2D eigenvalue weighted by Gasteiger charge is -2.11. The van der Waals surface area contributed by atoms with Crippen LogP contribution < -0.4 is 10.6 Å². The number of thiocarbonyl (C=S) groups is 1. The minimum Gasteiger partial charge on any atom is -0.332 e. The van der Waals surface area contributed by atoms with Gasteiger partial charge in [0.2, 0.25) is 0 Å². The van der Waals surface area contributed by atoms with Crippen LogP contribution in [-0.4, -0.2) is 11.0 Å². The van der Waals surface area contributed by atoms with Gasteiger partial charge in [0.05, 0.1) is 5.56 Å². The normalized spacial score (nSPS) is 10.0. The summed E-state index contributed by atoms with van der Waals surface area (Å²) in [7, 11) is 0. The molecule has 1 amide bonds. The van der Waals surface area contributed by atoms with E-state index < -0.39 is 11.7 Å². The molecule has 21 heavy (non-hydrogen) atoms. The molecule has 108 valence electrons. The summed E-state index contributed by atoms with van der Waals surface area (Å²) >= 11 is 5.08. The van der Waals surface area contributed by atoms with Gasteiger partial charge in [-0.2, -0.15) is 0 Å². The molecule has 0 saturated carbocycles. The molecule has 2 rings (SSSR count). The molecular formula is C16H15FN2OS. The second kappa shape index (κ2) is 6.45. The van der Waals surface area contributed by atoms with Gasteiger partial charge in [0.15, 0.2) is 5.11 Å². The lowest BCUT2D eigenvalue weighted by molar-refractivity contribution is 0.0974. The number of anilines is 1. The first-order chi connectivity index (χ1) is 9.95. The molecule has 3 nitrogen and oxygen atoms in total. The van der Waals surface area contributed by atoms with Crippen LogP contribution in [-0.2, 0) is 0 Å². The highest BCUT2D eigenvalue weighted by atomic mass is 32.1. The largest absolute Gasteiger partial charge is 0.332 e. The van der Waals surface area contributed by atoms with Gasteiger partial charge in [-0.25, -0.2) is 4.39 Å². The summed E-state index contributed by atoms with van der Waals surface area (Å²) < 4.78 is 13.5. The van der Waals surface area contributed by atoms with E-state index in [0.29, 0.717) is 0 Å². The second-order valence-electron chi connectivity index (χ2n) is 4.76. The lowest BCUT2D eigenvalue weighted by Crippen LogP contribution is -2.34. The summed E-state index contributed by atoms with van der Waals surface area (Å²) in [5, 5.41) is 5.52. The topological polar surface area (TPSA) is 41.1 Å². The Hall–Kier alpha value is -2.27. The van der Waals surface area contributed by atoms with Crippen molar-refractivity contribution in [2.24, 2.45) is 0 Å². The van der Waals surface area contributed by atoms with Gasteiger partial charge in [-0.15, -0.1) is 0 Å². The van der Waals surface area contributed by atoms with E-state index in [0.717, 1.165) is 16.8 Å². The van der Waals surface area contributed by atoms with Crippen molar-refractivity contribution in [3.8, 4) is 0 Å². The number of aryl methyl sites for hydroxylation is 2. The first-order valence-electron chi connectivity index (χ1n) is 6.41. The minimum atomic E-state index is -0.579. The average Bonchev–Trinajstić information content (AvgIpc) is 2.37. The fourth-order valence-electron chi connectivity index (χ4n) is 2.02. The molecule has 0 aliphatic heterocycles. The molecule has 0 spiro atoms. The zero-order valence-electron chi connectivity index (χ0n) is 11.7. The van der Waals surface area contributed by atoms with Crippen LogP contribution in [0.15, 0.2) is 42.5 Å². The highest BCUT2D eigenvalue weighted by Crippen LogP contribution is 2.13. The Bertz CT molecular complexity index is 680. The molecule has 0 bridgehead atoms.